The highest BCUT2D eigenvalue weighted by atomic mass is 32.2. The third-order valence-corrected chi connectivity index (χ3v) is 3.83. The molecule has 1 saturated heterocycles. The monoisotopic (exact) mass is 230 g/mol. The summed E-state index contributed by atoms with van der Waals surface area (Å²) in [6.07, 6.45) is 2.14. The fourth-order valence-corrected chi connectivity index (χ4v) is 2.45. The van der Waals surface area contributed by atoms with Crippen LogP contribution in [-0.4, -0.2) is 56.6 Å². The zero-order chi connectivity index (χ0) is 11.3. The van der Waals surface area contributed by atoms with Crippen molar-refractivity contribution in [1.29, 1.82) is 0 Å². The Balaban J connectivity index is 2.32. The fourth-order valence-electron chi connectivity index (χ4n) is 1.62. The molecule has 0 aromatic heterocycles. The summed E-state index contributed by atoms with van der Waals surface area (Å²) in [7, 11) is -3.00. The van der Waals surface area contributed by atoms with Gasteiger partial charge < -0.3 is 0 Å². The van der Waals surface area contributed by atoms with Gasteiger partial charge in [-0.05, 0) is 6.92 Å². The molecule has 0 bridgehead atoms. The molecule has 5 heteroatoms. The lowest BCUT2D eigenvalue weighted by molar-refractivity contribution is 0.192. The zero-order valence-electron chi connectivity index (χ0n) is 9.36. The second kappa shape index (κ2) is 5.50. The predicted octanol–water partition coefficient (Wildman–Crippen LogP) is -0.0230. The molecule has 1 aliphatic rings. The normalized spacial score (nSPS) is 19.6. The van der Waals surface area contributed by atoms with Gasteiger partial charge >= 0.3 is 0 Å². The van der Waals surface area contributed by atoms with Crippen LogP contribution in [0.15, 0.2) is 0 Å². The van der Waals surface area contributed by atoms with E-state index in [4.69, 9.17) is 0 Å². The summed E-state index contributed by atoms with van der Waals surface area (Å²) in [6.45, 7) is 5.63. The molecule has 0 amide bonds. The molecule has 15 heavy (non-hydrogen) atoms. The Morgan fingerprint density at radius 1 is 1.20 bits per heavy atom. The summed E-state index contributed by atoms with van der Waals surface area (Å²) in [4.78, 5) is 2.26. The molecule has 0 aromatic carbocycles. The van der Waals surface area contributed by atoms with Gasteiger partial charge in [0.1, 0.15) is 0 Å². The van der Waals surface area contributed by atoms with Gasteiger partial charge in [0.15, 0.2) is 0 Å². The molecule has 4 nitrogen and oxygen atoms in total. The van der Waals surface area contributed by atoms with Crippen molar-refractivity contribution in [1.82, 2.24) is 9.21 Å². The topological polar surface area (TPSA) is 40.6 Å². The molecule has 0 atom stereocenters. The van der Waals surface area contributed by atoms with Crippen molar-refractivity contribution in [2.24, 2.45) is 0 Å². The van der Waals surface area contributed by atoms with Crippen LogP contribution in [0.1, 0.15) is 13.3 Å². The second-order valence-corrected chi connectivity index (χ2v) is 5.66. The summed E-state index contributed by atoms with van der Waals surface area (Å²) in [6, 6.07) is 0. The molecule has 0 saturated carbocycles. The van der Waals surface area contributed by atoms with E-state index in [1.165, 1.54) is 10.6 Å². The number of hydrogen-bond donors (Lipinski definition) is 0. The molecule has 0 aliphatic carbocycles. The molecule has 0 N–H and O–H groups in total. The summed E-state index contributed by atoms with van der Waals surface area (Å²) in [5, 5.41) is 0. The van der Waals surface area contributed by atoms with E-state index in [-0.39, 0.29) is 0 Å². The smallest absolute Gasteiger partial charge is 0.211 e. The van der Waals surface area contributed by atoms with Crippen LogP contribution in [-0.2, 0) is 10.0 Å². The van der Waals surface area contributed by atoms with Gasteiger partial charge in [0, 0.05) is 39.1 Å². The highest BCUT2D eigenvalue weighted by Crippen LogP contribution is 2.05. The summed E-state index contributed by atoms with van der Waals surface area (Å²) in [5.41, 5.74) is 0. The van der Waals surface area contributed by atoms with Gasteiger partial charge in [0.05, 0.1) is 6.26 Å². The maximum Gasteiger partial charge on any atom is 0.211 e. The molecule has 0 unspecified atom stereocenters. The van der Waals surface area contributed by atoms with E-state index in [2.05, 4.69) is 16.7 Å². The molecule has 0 aromatic rings. The maximum atomic E-state index is 11.2. The highest BCUT2D eigenvalue weighted by molar-refractivity contribution is 7.88. The van der Waals surface area contributed by atoms with Crippen LogP contribution >= 0.6 is 0 Å². The first-order valence-electron chi connectivity index (χ1n) is 5.11. The average Bonchev–Trinajstić information content (AvgIpc) is 2.18. The van der Waals surface area contributed by atoms with Crippen molar-refractivity contribution in [3.8, 4) is 11.8 Å². The molecular formula is C10H18N2O2S. The molecule has 0 radical (unpaired) electrons. The molecule has 0 spiro atoms. The first kappa shape index (κ1) is 12.5. The summed E-state index contributed by atoms with van der Waals surface area (Å²) in [5.74, 6) is 5.87. The first-order chi connectivity index (χ1) is 7.04. The van der Waals surface area contributed by atoms with Gasteiger partial charge in [-0.1, -0.05) is 0 Å². The van der Waals surface area contributed by atoms with Gasteiger partial charge in [-0.2, -0.15) is 4.31 Å². The fraction of sp³-hybridized carbons (Fsp3) is 0.800. The number of rotatable bonds is 3. The van der Waals surface area contributed by atoms with Crippen molar-refractivity contribution >= 4 is 10.0 Å². The van der Waals surface area contributed by atoms with Crippen molar-refractivity contribution in [3.63, 3.8) is 0 Å². The molecular weight excluding hydrogens is 212 g/mol. The molecule has 86 valence electrons. The second-order valence-electron chi connectivity index (χ2n) is 3.68. The molecule has 1 fully saturated rings. The van der Waals surface area contributed by atoms with Gasteiger partial charge in [-0.25, -0.2) is 8.42 Å². The Bertz CT molecular complexity index is 345. The van der Waals surface area contributed by atoms with Crippen LogP contribution in [0.4, 0.5) is 0 Å². The van der Waals surface area contributed by atoms with E-state index >= 15 is 0 Å². The Morgan fingerprint density at radius 3 is 2.27 bits per heavy atom. The van der Waals surface area contributed by atoms with E-state index in [0.29, 0.717) is 13.1 Å². The van der Waals surface area contributed by atoms with Gasteiger partial charge in [-0.3, -0.25) is 4.90 Å². The largest absolute Gasteiger partial charge is 0.300 e. The van der Waals surface area contributed by atoms with Gasteiger partial charge in [0.25, 0.3) is 0 Å². The summed E-state index contributed by atoms with van der Waals surface area (Å²) >= 11 is 0. The molecule has 1 heterocycles. The van der Waals surface area contributed by atoms with Crippen molar-refractivity contribution < 1.29 is 8.42 Å². The van der Waals surface area contributed by atoms with Crippen LogP contribution < -0.4 is 0 Å². The highest BCUT2D eigenvalue weighted by Gasteiger charge is 2.22. The van der Waals surface area contributed by atoms with Crippen LogP contribution in [0.3, 0.4) is 0 Å². The van der Waals surface area contributed by atoms with E-state index in [9.17, 15) is 8.42 Å². The van der Waals surface area contributed by atoms with E-state index < -0.39 is 10.0 Å². The number of sulfonamides is 1. The lowest BCUT2D eigenvalue weighted by atomic mass is 10.3. The Labute approximate surface area is 92.3 Å². The van der Waals surface area contributed by atoms with Crippen LogP contribution in [0.2, 0.25) is 0 Å². The van der Waals surface area contributed by atoms with Crippen molar-refractivity contribution in [2.75, 3.05) is 39.0 Å². The number of piperazine rings is 1. The lowest BCUT2D eigenvalue weighted by Gasteiger charge is -2.32. The standard InChI is InChI=1S/C10H18N2O2S/c1-3-4-5-6-11-7-9-12(10-8-11)15(2,13)14/h5-10H2,1-2H3. The molecule has 1 rings (SSSR count). The average molecular weight is 230 g/mol. The zero-order valence-corrected chi connectivity index (χ0v) is 10.2. The first-order valence-corrected chi connectivity index (χ1v) is 6.96. The van der Waals surface area contributed by atoms with E-state index in [0.717, 1.165) is 26.1 Å². The van der Waals surface area contributed by atoms with Crippen molar-refractivity contribution in [3.05, 3.63) is 0 Å². The quantitative estimate of drug-likeness (QED) is 0.640. The van der Waals surface area contributed by atoms with E-state index in [1.54, 1.807) is 0 Å². The van der Waals surface area contributed by atoms with Gasteiger partial charge in [0.2, 0.25) is 10.0 Å². The van der Waals surface area contributed by atoms with E-state index in [1.807, 2.05) is 6.92 Å². The maximum absolute atomic E-state index is 11.2. The minimum absolute atomic E-state index is 0.610. The van der Waals surface area contributed by atoms with Crippen molar-refractivity contribution in [2.45, 2.75) is 13.3 Å². The Kier molecular flexibility index (Phi) is 4.58. The minimum atomic E-state index is -3.00. The third kappa shape index (κ3) is 4.20. The van der Waals surface area contributed by atoms with Gasteiger partial charge in [-0.15, -0.1) is 11.8 Å². The molecule has 1 aliphatic heterocycles. The Hall–Kier alpha value is -0.570. The number of hydrogen-bond acceptors (Lipinski definition) is 3. The minimum Gasteiger partial charge on any atom is -0.300 e. The summed E-state index contributed by atoms with van der Waals surface area (Å²) < 4.78 is 24.0. The number of nitrogens with zero attached hydrogens (tertiary/aromatic N) is 2. The van der Waals surface area contributed by atoms with Crippen LogP contribution in [0, 0.1) is 11.8 Å². The third-order valence-electron chi connectivity index (χ3n) is 2.53. The SMILES string of the molecule is CC#CCCN1CCN(S(C)(=O)=O)CC1. The predicted molar refractivity (Wildman–Crippen MR) is 60.9 cm³/mol. The Morgan fingerprint density at radius 2 is 1.80 bits per heavy atom. The van der Waals surface area contributed by atoms with Crippen LogP contribution in [0.25, 0.3) is 0 Å². The van der Waals surface area contributed by atoms with Crippen LogP contribution in [0.5, 0.6) is 0 Å². The lowest BCUT2D eigenvalue weighted by Crippen LogP contribution is -2.48.